The van der Waals surface area contributed by atoms with Gasteiger partial charge in [0.1, 0.15) is 0 Å². The van der Waals surface area contributed by atoms with Crippen LogP contribution in [0.5, 0.6) is 0 Å². The number of likely N-dealkylation sites (N-methyl/N-ethyl adjacent to an activating group) is 1. The standard InChI is InChI=1S/C27H28ClF2N5/c1-5-20-25(16-7-6-8-18(11-16)27(2,29)30)26(28)19-12-17(9-10-21(19)34-20)24(22(13-31)32-3)23-14-33-15-35(23)4/h6-15,24,32H,5,31H2,1-4H3/b22-13-. The van der Waals surface area contributed by atoms with E-state index in [2.05, 4.69) is 10.3 Å². The molecule has 2 heterocycles. The summed E-state index contributed by atoms with van der Waals surface area (Å²) in [4.78, 5) is 9.12. The molecule has 4 rings (SSSR count). The van der Waals surface area contributed by atoms with Gasteiger partial charge in [0.25, 0.3) is 5.92 Å². The van der Waals surface area contributed by atoms with Crippen molar-refractivity contribution in [2.45, 2.75) is 32.1 Å². The number of rotatable bonds is 7. The first-order chi connectivity index (χ1) is 16.7. The molecule has 0 fully saturated rings. The van der Waals surface area contributed by atoms with Crippen LogP contribution in [0.2, 0.25) is 5.02 Å². The number of pyridine rings is 1. The van der Waals surface area contributed by atoms with Gasteiger partial charge in [-0.3, -0.25) is 4.98 Å². The third-order valence-electron chi connectivity index (χ3n) is 6.28. The molecule has 1 unspecified atom stereocenters. The highest BCUT2D eigenvalue weighted by atomic mass is 35.5. The first-order valence-corrected chi connectivity index (χ1v) is 11.7. The van der Waals surface area contributed by atoms with Crippen molar-refractivity contribution in [2.75, 3.05) is 7.05 Å². The SMILES string of the molecule is CCc1nc2ccc(C(/C(=C/N)NC)c3cncn3C)cc2c(Cl)c1-c1cccc(C(C)(F)F)c1. The number of halogens is 3. The summed E-state index contributed by atoms with van der Waals surface area (Å²) in [6.45, 7) is 2.87. The summed E-state index contributed by atoms with van der Waals surface area (Å²) < 4.78 is 30.1. The fourth-order valence-corrected chi connectivity index (χ4v) is 4.81. The second-order valence-corrected chi connectivity index (χ2v) is 8.96. The van der Waals surface area contributed by atoms with Crippen LogP contribution in [-0.2, 0) is 19.4 Å². The molecule has 0 saturated heterocycles. The van der Waals surface area contributed by atoms with E-state index in [1.165, 1.54) is 12.1 Å². The number of aryl methyl sites for hydroxylation is 2. The Morgan fingerprint density at radius 3 is 2.63 bits per heavy atom. The van der Waals surface area contributed by atoms with Gasteiger partial charge < -0.3 is 15.6 Å². The van der Waals surface area contributed by atoms with Crippen LogP contribution >= 0.6 is 11.6 Å². The zero-order chi connectivity index (χ0) is 25.3. The van der Waals surface area contributed by atoms with Crippen molar-refractivity contribution in [2.24, 2.45) is 12.8 Å². The molecule has 1 atom stereocenters. The van der Waals surface area contributed by atoms with Crippen molar-refractivity contribution in [1.82, 2.24) is 19.9 Å². The van der Waals surface area contributed by atoms with E-state index >= 15 is 0 Å². The molecule has 5 nitrogen and oxygen atoms in total. The molecule has 4 aromatic rings. The first kappa shape index (κ1) is 24.7. The highest BCUT2D eigenvalue weighted by Gasteiger charge is 2.26. The molecule has 35 heavy (non-hydrogen) atoms. The Hall–Kier alpha value is -3.45. The molecule has 2 aromatic heterocycles. The largest absolute Gasteiger partial charge is 0.403 e. The monoisotopic (exact) mass is 495 g/mol. The molecule has 0 aliphatic rings. The van der Waals surface area contributed by atoms with Gasteiger partial charge in [-0.1, -0.05) is 42.8 Å². The van der Waals surface area contributed by atoms with Crippen LogP contribution in [0, 0.1) is 0 Å². The summed E-state index contributed by atoms with van der Waals surface area (Å²) in [5.74, 6) is -3.17. The maximum absolute atomic E-state index is 14.1. The highest BCUT2D eigenvalue weighted by Crippen LogP contribution is 2.40. The number of fused-ring (bicyclic) bond motifs is 1. The third kappa shape index (κ3) is 4.60. The molecule has 0 aliphatic carbocycles. The van der Waals surface area contributed by atoms with Gasteiger partial charge in [0, 0.05) is 55.6 Å². The Bertz CT molecular complexity index is 1400. The quantitative estimate of drug-likeness (QED) is 0.324. The number of nitrogens with zero attached hydrogens (tertiary/aromatic N) is 3. The number of imidazole rings is 1. The van der Waals surface area contributed by atoms with Crippen LogP contribution < -0.4 is 11.1 Å². The van der Waals surface area contributed by atoms with E-state index in [0.29, 0.717) is 22.6 Å². The van der Waals surface area contributed by atoms with Crippen LogP contribution in [0.1, 0.15) is 42.3 Å². The van der Waals surface area contributed by atoms with Crippen LogP contribution in [0.25, 0.3) is 22.0 Å². The average molecular weight is 496 g/mol. The summed E-state index contributed by atoms with van der Waals surface area (Å²) in [6.07, 6.45) is 5.70. The molecular formula is C27H28ClF2N5. The van der Waals surface area contributed by atoms with Crippen molar-refractivity contribution in [3.05, 3.63) is 94.4 Å². The van der Waals surface area contributed by atoms with Gasteiger partial charge in [-0.05, 0) is 35.7 Å². The molecule has 182 valence electrons. The smallest absolute Gasteiger partial charge is 0.270 e. The van der Waals surface area contributed by atoms with Crippen LogP contribution in [0.15, 0.2) is 66.9 Å². The predicted molar refractivity (Wildman–Crippen MR) is 138 cm³/mol. The van der Waals surface area contributed by atoms with Gasteiger partial charge in [-0.25, -0.2) is 13.8 Å². The van der Waals surface area contributed by atoms with Gasteiger partial charge in [0.05, 0.1) is 34.2 Å². The lowest BCUT2D eigenvalue weighted by atomic mass is 9.90. The summed E-state index contributed by atoms with van der Waals surface area (Å²) >= 11 is 7.01. The number of benzene rings is 2. The first-order valence-electron chi connectivity index (χ1n) is 11.4. The Balaban J connectivity index is 1.96. The highest BCUT2D eigenvalue weighted by molar-refractivity contribution is 6.38. The fraction of sp³-hybridized carbons (Fsp3) is 0.259. The minimum Gasteiger partial charge on any atom is -0.403 e. The number of aromatic nitrogens is 3. The van der Waals surface area contributed by atoms with Crippen LogP contribution in [-0.4, -0.2) is 21.6 Å². The van der Waals surface area contributed by atoms with E-state index in [-0.39, 0.29) is 11.5 Å². The maximum atomic E-state index is 14.1. The van der Waals surface area contributed by atoms with Crippen molar-refractivity contribution in [3.63, 3.8) is 0 Å². The Morgan fingerprint density at radius 2 is 2.03 bits per heavy atom. The molecule has 0 saturated carbocycles. The normalized spacial score (nSPS) is 13.3. The fourth-order valence-electron chi connectivity index (χ4n) is 4.45. The molecule has 0 radical (unpaired) electrons. The van der Waals surface area contributed by atoms with E-state index in [0.717, 1.165) is 40.5 Å². The Morgan fingerprint density at radius 1 is 1.26 bits per heavy atom. The molecular weight excluding hydrogens is 468 g/mol. The van der Waals surface area contributed by atoms with Gasteiger partial charge >= 0.3 is 0 Å². The van der Waals surface area contributed by atoms with Crippen molar-refractivity contribution in [3.8, 4) is 11.1 Å². The van der Waals surface area contributed by atoms with Gasteiger partial charge in [-0.2, -0.15) is 0 Å². The molecule has 0 aliphatic heterocycles. The van der Waals surface area contributed by atoms with E-state index in [4.69, 9.17) is 22.3 Å². The topological polar surface area (TPSA) is 68.8 Å². The lowest BCUT2D eigenvalue weighted by molar-refractivity contribution is 0.0175. The zero-order valence-corrected chi connectivity index (χ0v) is 20.9. The molecule has 0 amide bonds. The minimum atomic E-state index is -2.96. The average Bonchev–Trinajstić information content (AvgIpc) is 3.26. The third-order valence-corrected chi connectivity index (χ3v) is 6.67. The second-order valence-electron chi connectivity index (χ2n) is 8.58. The van der Waals surface area contributed by atoms with Crippen molar-refractivity contribution < 1.29 is 8.78 Å². The van der Waals surface area contributed by atoms with Crippen molar-refractivity contribution in [1.29, 1.82) is 0 Å². The van der Waals surface area contributed by atoms with Gasteiger partial charge in [0.15, 0.2) is 0 Å². The molecule has 2 aromatic carbocycles. The summed E-state index contributed by atoms with van der Waals surface area (Å²) in [7, 11) is 3.75. The molecule has 0 spiro atoms. The number of allylic oxidation sites excluding steroid dienone is 1. The minimum absolute atomic E-state index is 0.0648. The molecule has 3 N–H and O–H groups in total. The van der Waals surface area contributed by atoms with E-state index in [1.807, 2.05) is 43.8 Å². The Labute approximate surface area is 208 Å². The lowest BCUT2D eigenvalue weighted by Crippen LogP contribution is -2.19. The summed E-state index contributed by atoms with van der Waals surface area (Å²) in [5, 5.41) is 4.40. The maximum Gasteiger partial charge on any atom is 0.270 e. The zero-order valence-electron chi connectivity index (χ0n) is 20.1. The van der Waals surface area contributed by atoms with Crippen LogP contribution in [0.3, 0.4) is 0 Å². The predicted octanol–water partition coefficient (Wildman–Crippen LogP) is 6.11. The van der Waals surface area contributed by atoms with Gasteiger partial charge in [0.2, 0.25) is 0 Å². The van der Waals surface area contributed by atoms with E-state index in [1.54, 1.807) is 30.9 Å². The molecule has 8 heteroatoms. The number of hydrogen-bond acceptors (Lipinski definition) is 4. The Kier molecular flexibility index (Phi) is 6.81. The number of nitrogens with one attached hydrogen (secondary N) is 1. The summed E-state index contributed by atoms with van der Waals surface area (Å²) in [5.41, 5.74) is 11.4. The number of alkyl halides is 2. The van der Waals surface area contributed by atoms with E-state index in [9.17, 15) is 8.78 Å². The van der Waals surface area contributed by atoms with Crippen molar-refractivity contribution >= 4 is 22.5 Å². The second kappa shape index (κ2) is 9.66. The van der Waals surface area contributed by atoms with E-state index < -0.39 is 5.92 Å². The number of nitrogens with two attached hydrogens (primary N) is 1. The van der Waals surface area contributed by atoms with Crippen LogP contribution in [0.4, 0.5) is 8.78 Å². The lowest BCUT2D eigenvalue weighted by Gasteiger charge is -2.22. The summed E-state index contributed by atoms with van der Waals surface area (Å²) in [6, 6.07) is 12.3. The molecule has 0 bridgehead atoms. The van der Waals surface area contributed by atoms with Gasteiger partial charge in [-0.15, -0.1) is 0 Å². The number of hydrogen-bond donors (Lipinski definition) is 2.